The molecule has 0 fully saturated rings. The molecule has 0 spiro atoms. The number of amides is 1. The van der Waals surface area contributed by atoms with Crippen LogP contribution in [0, 0.1) is 5.92 Å². The van der Waals surface area contributed by atoms with Gasteiger partial charge in [0, 0.05) is 42.0 Å². The molecule has 1 amide bonds. The summed E-state index contributed by atoms with van der Waals surface area (Å²) in [6.07, 6.45) is 6.12. The van der Waals surface area contributed by atoms with Crippen LogP contribution in [0.1, 0.15) is 41.5 Å². The molecule has 0 aliphatic heterocycles. The summed E-state index contributed by atoms with van der Waals surface area (Å²) < 4.78 is 0. The summed E-state index contributed by atoms with van der Waals surface area (Å²) in [7, 11) is 0. The Labute approximate surface area is 157 Å². The summed E-state index contributed by atoms with van der Waals surface area (Å²) in [5, 5.41) is 13.1. The van der Waals surface area contributed by atoms with E-state index < -0.39 is 0 Å². The van der Waals surface area contributed by atoms with Gasteiger partial charge in [-0.05, 0) is 37.0 Å². The number of aromatic nitrogens is 4. The van der Waals surface area contributed by atoms with E-state index in [1.807, 2.05) is 18.2 Å². The zero-order valence-electron chi connectivity index (χ0n) is 15.0. The SMILES string of the molecule is CC(C)Cc1cc(C(=O)NCCCc2nc(-c3ccncc3)cs2)n[nH]1. The number of hydrogen-bond donors (Lipinski definition) is 2. The molecule has 7 heteroatoms. The van der Waals surface area contributed by atoms with Crippen molar-refractivity contribution in [3.05, 3.63) is 52.4 Å². The van der Waals surface area contributed by atoms with Crippen LogP contribution in [0.3, 0.4) is 0 Å². The Kier molecular flexibility index (Phi) is 6.12. The van der Waals surface area contributed by atoms with Gasteiger partial charge in [-0.15, -0.1) is 11.3 Å². The quantitative estimate of drug-likeness (QED) is 0.595. The third-order valence-corrected chi connectivity index (χ3v) is 4.78. The highest BCUT2D eigenvalue weighted by molar-refractivity contribution is 7.09. The third kappa shape index (κ3) is 4.98. The number of aryl methyl sites for hydroxylation is 1. The van der Waals surface area contributed by atoms with Crippen molar-refractivity contribution in [3.63, 3.8) is 0 Å². The molecule has 2 N–H and O–H groups in total. The molecule has 6 nitrogen and oxygen atoms in total. The van der Waals surface area contributed by atoms with Gasteiger partial charge in [0.2, 0.25) is 0 Å². The molecule has 0 aliphatic carbocycles. The van der Waals surface area contributed by atoms with Gasteiger partial charge in [0.05, 0.1) is 10.7 Å². The first-order chi connectivity index (χ1) is 12.6. The molecular formula is C19H23N5OS. The second-order valence-electron chi connectivity index (χ2n) is 6.60. The van der Waals surface area contributed by atoms with Crippen LogP contribution in [-0.2, 0) is 12.8 Å². The molecule has 3 heterocycles. The minimum atomic E-state index is -0.132. The molecule has 0 aliphatic rings. The van der Waals surface area contributed by atoms with E-state index >= 15 is 0 Å². The van der Waals surface area contributed by atoms with Gasteiger partial charge in [-0.25, -0.2) is 4.98 Å². The lowest BCUT2D eigenvalue weighted by Crippen LogP contribution is -2.25. The van der Waals surface area contributed by atoms with Gasteiger partial charge < -0.3 is 5.32 Å². The van der Waals surface area contributed by atoms with E-state index in [0.29, 0.717) is 18.2 Å². The Morgan fingerprint density at radius 2 is 2.12 bits per heavy atom. The molecule has 136 valence electrons. The Morgan fingerprint density at radius 1 is 1.31 bits per heavy atom. The molecule has 0 bridgehead atoms. The number of nitrogens with one attached hydrogen (secondary N) is 2. The molecule has 0 atom stereocenters. The fourth-order valence-corrected chi connectivity index (χ4v) is 3.49. The van der Waals surface area contributed by atoms with E-state index in [1.165, 1.54) is 0 Å². The highest BCUT2D eigenvalue weighted by Crippen LogP contribution is 2.21. The first kappa shape index (κ1) is 18.3. The summed E-state index contributed by atoms with van der Waals surface area (Å²) in [5.74, 6) is 0.398. The first-order valence-corrected chi connectivity index (χ1v) is 9.67. The molecule has 3 aromatic rings. The monoisotopic (exact) mass is 369 g/mol. The standard InChI is InChI=1S/C19H23N5OS/c1-13(2)10-15-11-16(24-23-15)19(25)21-7-3-4-18-22-17(12-26-18)14-5-8-20-9-6-14/h5-6,8-9,11-13H,3-4,7,10H2,1-2H3,(H,21,25)(H,23,24). The number of pyridine rings is 1. The molecule has 3 rings (SSSR count). The molecule has 26 heavy (non-hydrogen) atoms. The summed E-state index contributed by atoms with van der Waals surface area (Å²) in [6.45, 7) is 4.88. The number of carbonyl (C=O) groups excluding carboxylic acids is 1. The van der Waals surface area contributed by atoms with Crippen molar-refractivity contribution in [2.75, 3.05) is 6.54 Å². The zero-order valence-corrected chi connectivity index (χ0v) is 15.8. The maximum Gasteiger partial charge on any atom is 0.271 e. The van der Waals surface area contributed by atoms with Crippen molar-refractivity contribution >= 4 is 17.2 Å². The number of H-pyrrole nitrogens is 1. The van der Waals surface area contributed by atoms with Crippen LogP contribution in [0.25, 0.3) is 11.3 Å². The average Bonchev–Trinajstić information content (AvgIpc) is 3.28. The smallest absolute Gasteiger partial charge is 0.271 e. The molecule has 0 radical (unpaired) electrons. The van der Waals surface area contributed by atoms with Gasteiger partial charge in [0.1, 0.15) is 5.69 Å². The van der Waals surface area contributed by atoms with Crippen LogP contribution in [0.15, 0.2) is 36.0 Å². The highest BCUT2D eigenvalue weighted by atomic mass is 32.1. The lowest BCUT2D eigenvalue weighted by atomic mass is 10.1. The lowest BCUT2D eigenvalue weighted by Gasteiger charge is -2.02. The van der Waals surface area contributed by atoms with Crippen molar-refractivity contribution in [2.24, 2.45) is 5.92 Å². The number of aromatic amines is 1. The van der Waals surface area contributed by atoms with E-state index in [1.54, 1.807) is 23.7 Å². The van der Waals surface area contributed by atoms with Crippen LogP contribution in [0.4, 0.5) is 0 Å². The number of carbonyl (C=O) groups is 1. The van der Waals surface area contributed by atoms with Crippen molar-refractivity contribution in [1.29, 1.82) is 0 Å². The molecule has 0 saturated carbocycles. The summed E-state index contributed by atoms with van der Waals surface area (Å²) in [4.78, 5) is 20.8. The summed E-state index contributed by atoms with van der Waals surface area (Å²) in [6, 6.07) is 5.74. The Morgan fingerprint density at radius 3 is 2.88 bits per heavy atom. The fraction of sp³-hybridized carbons (Fsp3) is 0.368. The highest BCUT2D eigenvalue weighted by Gasteiger charge is 2.11. The number of hydrogen-bond acceptors (Lipinski definition) is 5. The van der Waals surface area contributed by atoms with Crippen molar-refractivity contribution in [3.8, 4) is 11.3 Å². The largest absolute Gasteiger partial charge is 0.351 e. The van der Waals surface area contributed by atoms with Crippen LogP contribution >= 0.6 is 11.3 Å². The minimum Gasteiger partial charge on any atom is -0.351 e. The van der Waals surface area contributed by atoms with Crippen molar-refractivity contribution in [1.82, 2.24) is 25.5 Å². The molecular weight excluding hydrogens is 346 g/mol. The van der Waals surface area contributed by atoms with Crippen LogP contribution in [0.5, 0.6) is 0 Å². The second-order valence-corrected chi connectivity index (χ2v) is 7.54. The van der Waals surface area contributed by atoms with Gasteiger partial charge in [-0.2, -0.15) is 5.10 Å². The van der Waals surface area contributed by atoms with Gasteiger partial charge >= 0.3 is 0 Å². The molecule has 3 aromatic heterocycles. The van der Waals surface area contributed by atoms with Crippen LogP contribution in [0.2, 0.25) is 0 Å². The normalized spacial score (nSPS) is 11.0. The maximum absolute atomic E-state index is 12.1. The fourth-order valence-electron chi connectivity index (χ4n) is 2.64. The Balaban J connectivity index is 1.43. The zero-order chi connectivity index (χ0) is 18.4. The maximum atomic E-state index is 12.1. The summed E-state index contributed by atoms with van der Waals surface area (Å²) in [5.41, 5.74) is 3.50. The van der Waals surface area contributed by atoms with E-state index in [2.05, 4.69) is 44.7 Å². The topological polar surface area (TPSA) is 83.6 Å². The third-order valence-electron chi connectivity index (χ3n) is 3.87. The summed E-state index contributed by atoms with van der Waals surface area (Å²) >= 11 is 1.65. The van der Waals surface area contributed by atoms with E-state index in [4.69, 9.17) is 0 Å². The van der Waals surface area contributed by atoms with E-state index in [9.17, 15) is 4.79 Å². The van der Waals surface area contributed by atoms with Gasteiger partial charge in [0.25, 0.3) is 5.91 Å². The van der Waals surface area contributed by atoms with E-state index in [0.717, 1.165) is 41.2 Å². The van der Waals surface area contributed by atoms with Crippen molar-refractivity contribution < 1.29 is 4.79 Å². The number of nitrogens with zero attached hydrogens (tertiary/aromatic N) is 3. The Bertz CT molecular complexity index is 841. The van der Waals surface area contributed by atoms with Crippen molar-refractivity contribution in [2.45, 2.75) is 33.1 Å². The van der Waals surface area contributed by atoms with E-state index in [-0.39, 0.29) is 5.91 Å². The number of rotatable bonds is 8. The molecule has 0 unspecified atom stereocenters. The number of thiazole rings is 1. The van der Waals surface area contributed by atoms with Gasteiger partial charge in [-0.1, -0.05) is 13.8 Å². The molecule has 0 aromatic carbocycles. The van der Waals surface area contributed by atoms with Gasteiger partial charge in [0.15, 0.2) is 0 Å². The Hall–Kier alpha value is -2.54. The van der Waals surface area contributed by atoms with Crippen LogP contribution in [-0.4, -0.2) is 32.6 Å². The molecule has 0 saturated heterocycles. The second kappa shape index (κ2) is 8.71. The van der Waals surface area contributed by atoms with Gasteiger partial charge in [-0.3, -0.25) is 14.9 Å². The average molecular weight is 369 g/mol. The minimum absolute atomic E-state index is 0.132. The predicted molar refractivity (Wildman–Crippen MR) is 103 cm³/mol. The van der Waals surface area contributed by atoms with Crippen LogP contribution < -0.4 is 5.32 Å². The predicted octanol–water partition coefficient (Wildman–Crippen LogP) is 3.49. The lowest BCUT2D eigenvalue weighted by molar-refractivity contribution is 0.0948. The first-order valence-electron chi connectivity index (χ1n) is 8.79.